The minimum absolute atomic E-state index is 0.543. The number of nitrogens with two attached hydrogens (primary N) is 1. The zero-order valence-corrected chi connectivity index (χ0v) is 9.37. The molecule has 4 N–H and O–H groups in total. The summed E-state index contributed by atoms with van der Waals surface area (Å²) in [5.41, 5.74) is 3.41. The molecular weight excluding hydrogens is 279 g/mol. The fourth-order valence-electron chi connectivity index (χ4n) is 0.826. The molecule has 13 heavy (non-hydrogen) atoms. The summed E-state index contributed by atoms with van der Waals surface area (Å²) in [6.07, 6.45) is 0. The van der Waals surface area contributed by atoms with Crippen LogP contribution in [0.1, 0.15) is 0 Å². The molecule has 5 heteroatoms. The topological polar surface area (TPSA) is 62.4 Å². The second-order valence-corrected chi connectivity index (χ2v) is 3.59. The first kappa shape index (κ1) is 10.3. The van der Waals surface area contributed by atoms with E-state index in [4.69, 9.17) is 5.84 Å². The van der Waals surface area contributed by atoms with Crippen LogP contribution in [0.3, 0.4) is 0 Å². The third-order valence-corrected chi connectivity index (χ3v) is 2.19. The molecule has 0 bridgehead atoms. The number of halogens is 1. The first-order chi connectivity index (χ1) is 6.26. The molecule has 1 aromatic rings. The van der Waals surface area contributed by atoms with Gasteiger partial charge in [-0.15, -0.1) is 0 Å². The second-order valence-electron chi connectivity index (χ2n) is 2.35. The Balaban J connectivity index is 2.69. The van der Waals surface area contributed by atoms with Gasteiger partial charge in [-0.05, 0) is 46.9 Å². The third-order valence-electron chi connectivity index (χ3n) is 1.47. The molecule has 0 saturated carbocycles. The Bertz CT molecular complexity index is 294. The third kappa shape index (κ3) is 3.19. The number of anilines is 1. The van der Waals surface area contributed by atoms with Crippen LogP contribution in [0.5, 0.6) is 0 Å². The number of hydrogen-bond donors (Lipinski definition) is 3. The van der Waals surface area contributed by atoms with Crippen molar-refractivity contribution in [1.29, 1.82) is 0 Å². The normalized spacial score (nSPS) is 11.2. The molecule has 0 amide bonds. The van der Waals surface area contributed by atoms with E-state index >= 15 is 0 Å². The van der Waals surface area contributed by atoms with Crippen LogP contribution in [0.4, 0.5) is 5.69 Å². The quantitative estimate of drug-likeness (QED) is 0.239. The molecule has 0 aliphatic rings. The SMILES string of the molecule is CN=C(NN)Nc1ccc(I)cc1. The summed E-state index contributed by atoms with van der Waals surface area (Å²) < 4.78 is 1.19. The van der Waals surface area contributed by atoms with Crippen LogP contribution in [0.15, 0.2) is 29.3 Å². The fraction of sp³-hybridized carbons (Fsp3) is 0.125. The molecule has 0 atom stereocenters. The maximum absolute atomic E-state index is 5.22. The van der Waals surface area contributed by atoms with Gasteiger partial charge in [-0.3, -0.25) is 10.4 Å². The van der Waals surface area contributed by atoms with Gasteiger partial charge < -0.3 is 5.32 Å². The van der Waals surface area contributed by atoms with Gasteiger partial charge in [-0.1, -0.05) is 0 Å². The zero-order chi connectivity index (χ0) is 9.68. The van der Waals surface area contributed by atoms with Gasteiger partial charge in [-0.25, -0.2) is 5.84 Å². The predicted octanol–water partition coefficient (Wildman–Crippen LogP) is 1.15. The molecule has 0 spiro atoms. The maximum atomic E-state index is 5.22. The lowest BCUT2D eigenvalue weighted by molar-refractivity contribution is 1.01. The molecule has 4 nitrogen and oxygen atoms in total. The van der Waals surface area contributed by atoms with Crippen LogP contribution in [-0.2, 0) is 0 Å². The highest BCUT2D eigenvalue weighted by molar-refractivity contribution is 14.1. The molecule has 0 fully saturated rings. The summed E-state index contributed by atoms with van der Waals surface area (Å²) in [5.74, 6) is 5.76. The highest BCUT2D eigenvalue weighted by atomic mass is 127. The van der Waals surface area contributed by atoms with Crippen molar-refractivity contribution in [1.82, 2.24) is 5.43 Å². The minimum atomic E-state index is 0.543. The molecule has 0 saturated heterocycles. The average Bonchev–Trinajstić information content (AvgIpc) is 2.17. The summed E-state index contributed by atoms with van der Waals surface area (Å²) >= 11 is 2.25. The Morgan fingerprint density at radius 3 is 2.46 bits per heavy atom. The van der Waals surface area contributed by atoms with Crippen LogP contribution >= 0.6 is 22.6 Å². The number of hydrazine groups is 1. The number of benzene rings is 1. The smallest absolute Gasteiger partial charge is 0.209 e. The van der Waals surface area contributed by atoms with Crippen molar-refractivity contribution in [3.8, 4) is 0 Å². The van der Waals surface area contributed by atoms with Crippen LogP contribution < -0.4 is 16.6 Å². The van der Waals surface area contributed by atoms with E-state index in [0.717, 1.165) is 5.69 Å². The number of aliphatic imine (C=N–C) groups is 1. The molecule has 1 aromatic carbocycles. The van der Waals surface area contributed by atoms with Crippen molar-refractivity contribution in [2.24, 2.45) is 10.8 Å². The largest absolute Gasteiger partial charge is 0.325 e. The lowest BCUT2D eigenvalue weighted by atomic mass is 10.3. The van der Waals surface area contributed by atoms with Crippen LogP contribution in [0.2, 0.25) is 0 Å². The van der Waals surface area contributed by atoms with Gasteiger partial charge in [0.15, 0.2) is 0 Å². The molecule has 0 aliphatic heterocycles. The first-order valence-electron chi connectivity index (χ1n) is 3.72. The van der Waals surface area contributed by atoms with Gasteiger partial charge in [0.2, 0.25) is 5.96 Å². The zero-order valence-electron chi connectivity index (χ0n) is 7.21. The molecule has 0 heterocycles. The Morgan fingerprint density at radius 1 is 1.38 bits per heavy atom. The average molecular weight is 290 g/mol. The molecule has 0 unspecified atom stereocenters. The van der Waals surface area contributed by atoms with Gasteiger partial charge in [-0.2, -0.15) is 0 Å². The van der Waals surface area contributed by atoms with Crippen LogP contribution in [0.25, 0.3) is 0 Å². The predicted molar refractivity (Wildman–Crippen MR) is 63.5 cm³/mol. The summed E-state index contributed by atoms with van der Waals surface area (Å²) in [5, 5.41) is 3.02. The Morgan fingerprint density at radius 2 is 2.00 bits per heavy atom. The van der Waals surface area contributed by atoms with Gasteiger partial charge in [0.25, 0.3) is 0 Å². The fourth-order valence-corrected chi connectivity index (χ4v) is 1.19. The highest BCUT2D eigenvalue weighted by Crippen LogP contribution is 2.10. The van der Waals surface area contributed by atoms with E-state index in [0.29, 0.717) is 5.96 Å². The number of nitrogens with one attached hydrogen (secondary N) is 2. The summed E-state index contributed by atoms with van der Waals surface area (Å²) in [6.45, 7) is 0. The van der Waals surface area contributed by atoms with Crippen LogP contribution in [0, 0.1) is 3.57 Å². The number of nitrogens with zero attached hydrogens (tertiary/aromatic N) is 1. The monoisotopic (exact) mass is 290 g/mol. The van der Waals surface area contributed by atoms with E-state index in [1.165, 1.54) is 3.57 Å². The summed E-state index contributed by atoms with van der Waals surface area (Å²) in [4.78, 5) is 3.89. The van der Waals surface area contributed by atoms with Crippen molar-refractivity contribution >= 4 is 34.2 Å². The van der Waals surface area contributed by atoms with E-state index in [1.807, 2.05) is 24.3 Å². The highest BCUT2D eigenvalue weighted by Gasteiger charge is 1.95. The lowest BCUT2D eigenvalue weighted by Crippen LogP contribution is -2.36. The van der Waals surface area contributed by atoms with Gasteiger partial charge in [0.1, 0.15) is 0 Å². The Hall–Kier alpha value is -0.820. The van der Waals surface area contributed by atoms with Crippen molar-refractivity contribution in [3.05, 3.63) is 27.8 Å². The number of guanidine groups is 1. The summed E-state index contributed by atoms with van der Waals surface area (Å²) in [7, 11) is 1.66. The molecule has 0 aliphatic carbocycles. The molecule has 0 aromatic heterocycles. The van der Waals surface area contributed by atoms with E-state index in [9.17, 15) is 0 Å². The van der Waals surface area contributed by atoms with E-state index in [1.54, 1.807) is 7.05 Å². The van der Waals surface area contributed by atoms with E-state index in [2.05, 4.69) is 38.3 Å². The second kappa shape index (κ2) is 5.03. The van der Waals surface area contributed by atoms with E-state index in [-0.39, 0.29) is 0 Å². The Labute approximate surface area is 90.7 Å². The molecule has 0 radical (unpaired) electrons. The first-order valence-corrected chi connectivity index (χ1v) is 4.80. The minimum Gasteiger partial charge on any atom is -0.325 e. The van der Waals surface area contributed by atoms with Crippen molar-refractivity contribution in [2.75, 3.05) is 12.4 Å². The van der Waals surface area contributed by atoms with Gasteiger partial charge in [0, 0.05) is 16.3 Å². The standard InChI is InChI=1S/C8H11IN4/c1-11-8(13-10)12-7-4-2-6(9)3-5-7/h2-5H,10H2,1H3,(H2,11,12,13). The van der Waals surface area contributed by atoms with Crippen molar-refractivity contribution < 1.29 is 0 Å². The van der Waals surface area contributed by atoms with Gasteiger partial charge >= 0.3 is 0 Å². The Kier molecular flexibility index (Phi) is 3.97. The van der Waals surface area contributed by atoms with Crippen molar-refractivity contribution in [3.63, 3.8) is 0 Å². The summed E-state index contributed by atoms with van der Waals surface area (Å²) in [6, 6.07) is 7.94. The van der Waals surface area contributed by atoms with Crippen LogP contribution in [-0.4, -0.2) is 13.0 Å². The number of hydrogen-bond acceptors (Lipinski definition) is 2. The molecular formula is C8H11IN4. The molecule has 1 rings (SSSR count). The van der Waals surface area contributed by atoms with Crippen molar-refractivity contribution in [2.45, 2.75) is 0 Å². The lowest BCUT2D eigenvalue weighted by Gasteiger charge is -2.07. The number of rotatable bonds is 1. The molecule has 70 valence electrons. The maximum Gasteiger partial charge on any atom is 0.209 e. The van der Waals surface area contributed by atoms with E-state index < -0.39 is 0 Å². The van der Waals surface area contributed by atoms with Gasteiger partial charge in [0.05, 0.1) is 0 Å².